The topological polar surface area (TPSA) is 88.1 Å². The molecule has 1 aliphatic rings. The number of nitrogens with zero attached hydrogens (tertiary/aromatic N) is 1. The van der Waals surface area contributed by atoms with Gasteiger partial charge in [0.05, 0.1) is 19.1 Å². The Morgan fingerprint density at radius 3 is 2.73 bits per heavy atom. The SMILES string of the molecule is CCOc1cc(CCCNC(=O)N2CCC(C)(C(=O)O)C2)ccc1OC. The van der Waals surface area contributed by atoms with E-state index >= 15 is 0 Å². The van der Waals surface area contributed by atoms with Gasteiger partial charge in [0.15, 0.2) is 11.5 Å². The van der Waals surface area contributed by atoms with Gasteiger partial charge >= 0.3 is 12.0 Å². The molecule has 2 N–H and O–H groups in total. The van der Waals surface area contributed by atoms with E-state index in [1.54, 1.807) is 18.9 Å². The van der Waals surface area contributed by atoms with Crippen LogP contribution in [0.5, 0.6) is 11.5 Å². The molecule has 2 rings (SSSR count). The molecule has 1 saturated heterocycles. The molecule has 0 aliphatic carbocycles. The molecule has 7 heteroatoms. The second kappa shape index (κ2) is 8.78. The van der Waals surface area contributed by atoms with Crippen molar-refractivity contribution in [3.05, 3.63) is 23.8 Å². The van der Waals surface area contributed by atoms with Crippen LogP contribution in [0.4, 0.5) is 4.79 Å². The number of urea groups is 1. The van der Waals surface area contributed by atoms with Gasteiger partial charge in [0.2, 0.25) is 0 Å². The number of hydrogen-bond donors (Lipinski definition) is 2. The summed E-state index contributed by atoms with van der Waals surface area (Å²) >= 11 is 0. The van der Waals surface area contributed by atoms with Gasteiger partial charge in [-0.15, -0.1) is 0 Å². The van der Waals surface area contributed by atoms with Crippen molar-refractivity contribution in [1.82, 2.24) is 10.2 Å². The number of aryl methyl sites for hydroxylation is 1. The number of likely N-dealkylation sites (tertiary alicyclic amines) is 1. The van der Waals surface area contributed by atoms with E-state index in [0.717, 1.165) is 24.2 Å². The van der Waals surface area contributed by atoms with E-state index in [1.165, 1.54) is 0 Å². The number of methoxy groups -OCH3 is 1. The van der Waals surface area contributed by atoms with Gasteiger partial charge in [-0.2, -0.15) is 0 Å². The van der Waals surface area contributed by atoms with Crippen LogP contribution in [-0.2, 0) is 11.2 Å². The van der Waals surface area contributed by atoms with Crippen LogP contribution in [0.2, 0.25) is 0 Å². The van der Waals surface area contributed by atoms with Crippen LogP contribution >= 0.6 is 0 Å². The molecule has 2 amide bonds. The number of carbonyl (C=O) groups is 2. The third kappa shape index (κ3) is 4.80. The number of nitrogens with one attached hydrogen (secondary N) is 1. The number of benzene rings is 1. The molecule has 1 unspecified atom stereocenters. The van der Waals surface area contributed by atoms with E-state index < -0.39 is 11.4 Å². The molecular formula is C19H28N2O5. The van der Waals surface area contributed by atoms with Crippen LogP contribution in [0.3, 0.4) is 0 Å². The fourth-order valence-corrected chi connectivity index (χ4v) is 3.05. The maximum absolute atomic E-state index is 12.2. The lowest BCUT2D eigenvalue weighted by atomic mass is 9.90. The molecule has 1 aliphatic heterocycles. The van der Waals surface area contributed by atoms with Crippen molar-refractivity contribution in [1.29, 1.82) is 0 Å². The number of amides is 2. The lowest BCUT2D eigenvalue weighted by Crippen LogP contribution is -2.41. The Bertz CT molecular complexity index is 649. The first kappa shape index (κ1) is 19.9. The minimum atomic E-state index is -0.850. The molecule has 1 aromatic carbocycles. The van der Waals surface area contributed by atoms with Gasteiger partial charge in [0.1, 0.15) is 0 Å². The quantitative estimate of drug-likeness (QED) is 0.692. The van der Waals surface area contributed by atoms with Crippen molar-refractivity contribution in [2.75, 3.05) is 33.4 Å². The maximum Gasteiger partial charge on any atom is 0.317 e. The third-order valence-corrected chi connectivity index (χ3v) is 4.72. The van der Waals surface area contributed by atoms with Crippen LogP contribution in [0.25, 0.3) is 0 Å². The fraction of sp³-hybridized carbons (Fsp3) is 0.579. The van der Waals surface area contributed by atoms with Crippen molar-refractivity contribution >= 4 is 12.0 Å². The average Bonchev–Trinajstić information content (AvgIpc) is 3.03. The summed E-state index contributed by atoms with van der Waals surface area (Å²) in [6.07, 6.45) is 2.08. The van der Waals surface area contributed by atoms with Crippen molar-refractivity contribution in [2.45, 2.75) is 33.1 Å². The molecule has 26 heavy (non-hydrogen) atoms. The van der Waals surface area contributed by atoms with Gasteiger partial charge < -0.3 is 24.8 Å². The molecule has 0 bridgehead atoms. The first-order chi connectivity index (χ1) is 12.4. The lowest BCUT2D eigenvalue weighted by molar-refractivity contribution is -0.147. The molecule has 0 saturated carbocycles. The summed E-state index contributed by atoms with van der Waals surface area (Å²) in [5, 5.41) is 12.1. The Kier molecular flexibility index (Phi) is 6.71. The monoisotopic (exact) mass is 364 g/mol. The fourth-order valence-electron chi connectivity index (χ4n) is 3.05. The van der Waals surface area contributed by atoms with Crippen LogP contribution in [0.15, 0.2) is 18.2 Å². The van der Waals surface area contributed by atoms with Crippen molar-refractivity contribution in [3.63, 3.8) is 0 Å². The molecule has 1 atom stereocenters. The van der Waals surface area contributed by atoms with Crippen molar-refractivity contribution in [3.8, 4) is 11.5 Å². The van der Waals surface area contributed by atoms with Gasteiger partial charge in [-0.1, -0.05) is 6.07 Å². The zero-order chi connectivity index (χ0) is 19.2. The van der Waals surface area contributed by atoms with Gasteiger partial charge in [-0.05, 0) is 50.8 Å². The van der Waals surface area contributed by atoms with Crippen molar-refractivity contribution in [2.24, 2.45) is 5.41 Å². The molecular weight excluding hydrogens is 336 g/mol. The van der Waals surface area contributed by atoms with Gasteiger partial charge in [-0.3, -0.25) is 4.79 Å². The number of aliphatic carboxylic acids is 1. The normalized spacial score (nSPS) is 19.3. The highest BCUT2D eigenvalue weighted by molar-refractivity contribution is 5.79. The predicted molar refractivity (Wildman–Crippen MR) is 97.8 cm³/mol. The highest BCUT2D eigenvalue weighted by Gasteiger charge is 2.42. The summed E-state index contributed by atoms with van der Waals surface area (Å²) in [6, 6.07) is 5.64. The Morgan fingerprint density at radius 2 is 2.12 bits per heavy atom. The van der Waals surface area contributed by atoms with Crippen LogP contribution < -0.4 is 14.8 Å². The smallest absolute Gasteiger partial charge is 0.317 e. The standard InChI is InChI=1S/C19H28N2O5/c1-4-26-16-12-14(7-8-15(16)25-3)6-5-10-20-18(24)21-11-9-19(2,13-21)17(22)23/h7-8,12H,4-6,9-11,13H2,1-3H3,(H,20,24)(H,22,23). The summed E-state index contributed by atoms with van der Waals surface area (Å²) in [7, 11) is 1.61. The Hall–Kier alpha value is -2.44. The highest BCUT2D eigenvalue weighted by atomic mass is 16.5. The van der Waals surface area contributed by atoms with E-state index in [4.69, 9.17) is 9.47 Å². The molecule has 0 aromatic heterocycles. The Morgan fingerprint density at radius 1 is 1.35 bits per heavy atom. The predicted octanol–water partition coefficient (Wildman–Crippen LogP) is 2.53. The van der Waals surface area contributed by atoms with E-state index in [-0.39, 0.29) is 12.6 Å². The van der Waals surface area contributed by atoms with Crippen LogP contribution in [-0.4, -0.2) is 55.4 Å². The first-order valence-electron chi connectivity index (χ1n) is 8.95. The number of carboxylic acid groups (broad SMARTS) is 1. The van der Waals surface area contributed by atoms with Crippen molar-refractivity contribution < 1.29 is 24.2 Å². The summed E-state index contributed by atoms with van der Waals surface area (Å²) in [5.74, 6) is 0.582. The molecule has 144 valence electrons. The zero-order valence-electron chi connectivity index (χ0n) is 15.7. The third-order valence-electron chi connectivity index (χ3n) is 4.72. The number of rotatable bonds is 8. The van der Waals surface area contributed by atoms with Gasteiger partial charge in [0.25, 0.3) is 0 Å². The lowest BCUT2D eigenvalue weighted by Gasteiger charge is -2.20. The Balaban J connectivity index is 1.78. The summed E-state index contributed by atoms with van der Waals surface area (Å²) in [5.41, 5.74) is 0.277. The molecule has 0 radical (unpaired) electrons. The highest BCUT2D eigenvalue weighted by Crippen LogP contribution is 2.30. The molecule has 0 spiro atoms. The van der Waals surface area contributed by atoms with E-state index in [0.29, 0.717) is 31.9 Å². The minimum absolute atomic E-state index is 0.195. The van der Waals surface area contributed by atoms with Crippen LogP contribution in [0, 0.1) is 5.41 Å². The number of carbonyl (C=O) groups excluding carboxylic acids is 1. The summed E-state index contributed by atoms with van der Waals surface area (Å²) < 4.78 is 10.8. The van der Waals surface area contributed by atoms with Gasteiger partial charge in [0, 0.05) is 19.6 Å². The van der Waals surface area contributed by atoms with Gasteiger partial charge in [-0.25, -0.2) is 4.79 Å². The summed E-state index contributed by atoms with van der Waals surface area (Å²) in [4.78, 5) is 25.0. The maximum atomic E-state index is 12.2. The second-order valence-corrected chi connectivity index (χ2v) is 6.79. The molecule has 1 aromatic rings. The molecule has 1 heterocycles. The number of ether oxygens (including phenoxy) is 2. The minimum Gasteiger partial charge on any atom is -0.493 e. The molecule has 1 fully saturated rings. The van der Waals surface area contributed by atoms with E-state index in [2.05, 4.69) is 5.32 Å². The van der Waals surface area contributed by atoms with E-state index in [9.17, 15) is 14.7 Å². The first-order valence-corrected chi connectivity index (χ1v) is 8.95. The summed E-state index contributed by atoms with van der Waals surface area (Å²) in [6.45, 7) is 5.45. The number of carboxylic acids is 1. The number of hydrogen-bond acceptors (Lipinski definition) is 4. The average molecular weight is 364 g/mol. The zero-order valence-corrected chi connectivity index (χ0v) is 15.7. The second-order valence-electron chi connectivity index (χ2n) is 6.79. The Labute approximate surface area is 154 Å². The van der Waals surface area contributed by atoms with Crippen LogP contribution in [0.1, 0.15) is 32.3 Å². The largest absolute Gasteiger partial charge is 0.493 e. The molecule has 7 nitrogen and oxygen atoms in total. The van der Waals surface area contributed by atoms with E-state index in [1.807, 2.05) is 25.1 Å².